The first kappa shape index (κ1) is 19.2. The number of ether oxygens (including phenoxy) is 1. The molecule has 1 fully saturated rings. The second-order valence-electron chi connectivity index (χ2n) is 6.60. The van der Waals surface area contributed by atoms with Crippen molar-refractivity contribution in [1.29, 1.82) is 0 Å². The van der Waals surface area contributed by atoms with E-state index in [4.69, 9.17) is 4.74 Å². The number of anilines is 1. The summed E-state index contributed by atoms with van der Waals surface area (Å²) in [5.41, 5.74) is 0.686. The van der Waals surface area contributed by atoms with Crippen LogP contribution in [0.1, 0.15) is 32.6 Å². The zero-order chi connectivity index (χ0) is 18.2. The van der Waals surface area contributed by atoms with E-state index in [1.54, 1.807) is 25.1 Å². The lowest BCUT2D eigenvalue weighted by atomic mass is 10.00. The van der Waals surface area contributed by atoms with Gasteiger partial charge in [-0.05, 0) is 44.9 Å². The van der Waals surface area contributed by atoms with Crippen LogP contribution in [-0.2, 0) is 9.59 Å². The Labute approximate surface area is 150 Å². The first-order chi connectivity index (χ1) is 12.0. The van der Waals surface area contributed by atoms with E-state index in [1.807, 2.05) is 23.1 Å². The highest BCUT2D eigenvalue weighted by atomic mass is 16.5. The van der Waals surface area contributed by atoms with Crippen LogP contribution in [0.3, 0.4) is 0 Å². The summed E-state index contributed by atoms with van der Waals surface area (Å²) >= 11 is 0. The fourth-order valence-electron chi connectivity index (χ4n) is 3.28. The number of likely N-dealkylation sites (N-methyl/N-ethyl adjacent to an activating group) is 1. The van der Waals surface area contributed by atoms with Gasteiger partial charge in [-0.2, -0.15) is 0 Å². The van der Waals surface area contributed by atoms with Gasteiger partial charge in [-0.25, -0.2) is 0 Å². The Morgan fingerprint density at radius 2 is 2.12 bits per heavy atom. The molecule has 1 aromatic rings. The van der Waals surface area contributed by atoms with E-state index in [2.05, 4.69) is 12.2 Å². The second-order valence-corrected chi connectivity index (χ2v) is 6.60. The molecule has 1 aliphatic heterocycles. The van der Waals surface area contributed by atoms with Crippen molar-refractivity contribution in [3.05, 3.63) is 24.3 Å². The Morgan fingerprint density at radius 1 is 1.32 bits per heavy atom. The Morgan fingerprint density at radius 3 is 2.84 bits per heavy atom. The van der Waals surface area contributed by atoms with Gasteiger partial charge in [0.15, 0.2) is 0 Å². The van der Waals surface area contributed by atoms with Crippen LogP contribution in [0, 0.1) is 0 Å². The molecule has 6 heteroatoms. The average molecular weight is 347 g/mol. The van der Waals surface area contributed by atoms with Crippen molar-refractivity contribution >= 4 is 17.5 Å². The lowest BCUT2D eigenvalue weighted by Crippen LogP contribution is -2.48. The summed E-state index contributed by atoms with van der Waals surface area (Å²) in [4.78, 5) is 28.5. The Bertz CT molecular complexity index is 591. The van der Waals surface area contributed by atoms with Gasteiger partial charge < -0.3 is 15.0 Å². The maximum absolute atomic E-state index is 12.5. The fourth-order valence-corrected chi connectivity index (χ4v) is 3.28. The van der Waals surface area contributed by atoms with Crippen LogP contribution >= 0.6 is 0 Å². The van der Waals surface area contributed by atoms with Crippen molar-refractivity contribution in [2.45, 2.75) is 38.6 Å². The van der Waals surface area contributed by atoms with E-state index in [9.17, 15) is 9.59 Å². The average Bonchev–Trinajstić information content (AvgIpc) is 2.61. The van der Waals surface area contributed by atoms with Crippen molar-refractivity contribution in [1.82, 2.24) is 9.80 Å². The third-order valence-corrected chi connectivity index (χ3v) is 4.59. The number of hydrogen-bond donors (Lipinski definition) is 1. The zero-order valence-electron chi connectivity index (χ0n) is 15.5. The van der Waals surface area contributed by atoms with E-state index in [1.165, 1.54) is 6.42 Å². The van der Waals surface area contributed by atoms with Crippen molar-refractivity contribution in [2.75, 3.05) is 39.1 Å². The summed E-state index contributed by atoms with van der Waals surface area (Å²) in [5, 5.41) is 2.83. The molecule has 138 valence electrons. The SMILES string of the molecule is CC[C@@H]1CCCCN1C(=O)CN(C)CC(=O)Nc1cccc(OC)c1. The van der Waals surface area contributed by atoms with Crippen LogP contribution in [-0.4, -0.2) is 61.4 Å². The molecule has 0 saturated carbocycles. The number of benzene rings is 1. The number of nitrogens with one attached hydrogen (secondary N) is 1. The standard InChI is InChI=1S/C19H29N3O3/c1-4-16-9-5-6-11-22(16)19(24)14-21(2)13-18(23)20-15-8-7-10-17(12-15)25-3/h7-8,10,12,16H,4-6,9,11,13-14H2,1-3H3,(H,20,23)/t16-/m1/s1. The monoisotopic (exact) mass is 347 g/mol. The summed E-state index contributed by atoms with van der Waals surface area (Å²) in [6.45, 7) is 3.40. The number of hydrogen-bond acceptors (Lipinski definition) is 4. The summed E-state index contributed by atoms with van der Waals surface area (Å²) in [6, 6.07) is 7.57. The number of carbonyl (C=O) groups excluding carboxylic acids is 2. The molecule has 0 bridgehead atoms. The molecular formula is C19H29N3O3. The first-order valence-electron chi connectivity index (χ1n) is 8.95. The molecular weight excluding hydrogens is 318 g/mol. The highest BCUT2D eigenvalue weighted by Gasteiger charge is 2.26. The van der Waals surface area contributed by atoms with E-state index in [0.717, 1.165) is 25.8 Å². The molecule has 1 aliphatic rings. The smallest absolute Gasteiger partial charge is 0.238 e. The maximum Gasteiger partial charge on any atom is 0.238 e. The van der Waals surface area contributed by atoms with Crippen molar-refractivity contribution in [3.8, 4) is 5.75 Å². The summed E-state index contributed by atoms with van der Waals surface area (Å²) < 4.78 is 5.15. The van der Waals surface area contributed by atoms with E-state index >= 15 is 0 Å². The van der Waals surface area contributed by atoms with Gasteiger partial charge in [-0.3, -0.25) is 14.5 Å². The summed E-state index contributed by atoms with van der Waals surface area (Å²) in [6.07, 6.45) is 4.34. The molecule has 0 radical (unpaired) electrons. The van der Waals surface area contributed by atoms with Crippen LogP contribution < -0.4 is 10.1 Å². The van der Waals surface area contributed by atoms with E-state index in [-0.39, 0.29) is 24.9 Å². The highest BCUT2D eigenvalue weighted by Crippen LogP contribution is 2.20. The van der Waals surface area contributed by atoms with Crippen LogP contribution in [0.2, 0.25) is 0 Å². The second kappa shape index (κ2) is 9.42. The third kappa shape index (κ3) is 5.74. The summed E-state index contributed by atoms with van der Waals surface area (Å²) in [5.74, 6) is 0.662. The van der Waals surface area contributed by atoms with Gasteiger partial charge in [0.05, 0.1) is 20.2 Å². The van der Waals surface area contributed by atoms with Gasteiger partial charge >= 0.3 is 0 Å². The number of amides is 2. The number of carbonyl (C=O) groups is 2. The molecule has 0 aliphatic carbocycles. The molecule has 0 aromatic heterocycles. The van der Waals surface area contributed by atoms with E-state index < -0.39 is 0 Å². The van der Waals surface area contributed by atoms with Crippen molar-refractivity contribution in [2.24, 2.45) is 0 Å². The lowest BCUT2D eigenvalue weighted by Gasteiger charge is -2.36. The summed E-state index contributed by atoms with van der Waals surface area (Å²) in [7, 11) is 3.39. The van der Waals surface area contributed by atoms with Gasteiger partial charge in [0.2, 0.25) is 11.8 Å². The van der Waals surface area contributed by atoms with Crippen LogP contribution in [0.15, 0.2) is 24.3 Å². The molecule has 0 unspecified atom stereocenters. The number of piperidine rings is 1. The molecule has 1 N–H and O–H groups in total. The minimum Gasteiger partial charge on any atom is -0.497 e. The number of rotatable bonds is 7. The van der Waals surface area contributed by atoms with Gasteiger partial charge in [-0.1, -0.05) is 13.0 Å². The number of nitrogens with zero attached hydrogens (tertiary/aromatic N) is 2. The van der Waals surface area contributed by atoms with Gasteiger partial charge in [0.1, 0.15) is 5.75 Å². The van der Waals surface area contributed by atoms with Crippen molar-refractivity contribution < 1.29 is 14.3 Å². The zero-order valence-corrected chi connectivity index (χ0v) is 15.5. The Kier molecular flexibility index (Phi) is 7.25. The Balaban J connectivity index is 1.83. The van der Waals surface area contributed by atoms with Crippen molar-refractivity contribution in [3.63, 3.8) is 0 Å². The van der Waals surface area contributed by atoms with E-state index in [0.29, 0.717) is 17.5 Å². The molecule has 2 amide bonds. The predicted molar refractivity (Wildman–Crippen MR) is 98.8 cm³/mol. The number of likely N-dealkylation sites (tertiary alicyclic amines) is 1. The Hall–Kier alpha value is -2.08. The largest absolute Gasteiger partial charge is 0.497 e. The lowest BCUT2D eigenvalue weighted by molar-refractivity contribution is -0.136. The predicted octanol–water partition coefficient (Wildman–Crippen LogP) is 2.36. The quantitative estimate of drug-likeness (QED) is 0.822. The molecule has 1 saturated heterocycles. The van der Waals surface area contributed by atoms with Crippen LogP contribution in [0.4, 0.5) is 5.69 Å². The molecule has 1 heterocycles. The van der Waals surface area contributed by atoms with Gasteiger partial charge in [0.25, 0.3) is 0 Å². The fraction of sp³-hybridized carbons (Fsp3) is 0.579. The van der Waals surface area contributed by atoms with Gasteiger partial charge in [0, 0.05) is 24.3 Å². The molecule has 1 atom stereocenters. The molecule has 2 rings (SSSR count). The molecule has 6 nitrogen and oxygen atoms in total. The third-order valence-electron chi connectivity index (χ3n) is 4.59. The van der Waals surface area contributed by atoms with Crippen LogP contribution in [0.25, 0.3) is 0 Å². The normalized spacial score (nSPS) is 17.4. The topological polar surface area (TPSA) is 61.9 Å². The molecule has 1 aromatic carbocycles. The minimum absolute atomic E-state index is 0.114. The molecule has 0 spiro atoms. The first-order valence-corrected chi connectivity index (χ1v) is 8.95. The minimum atomic E-state index is -0.144. The van der Waals surface area contributed by atoms with Gasteiger partial charge in [-0.15, -0.1) is 0 Å². The maximum atomic E-state index is 12.5. The molecule has 25 heavy (non-hydrogen) atoms. The highest BCUT2D eigenvalue weighted by molar-refractivity contribution is 5.92. The van der Waals surface area contributed by atoms with Crippen LogP contribution in [0.5, 0.6) is 5.75 Å². The number of methoxy groups -OCH3 is 1.